The third kappa shape index (κ3) is 3.66. The van der Waals surface area contributed by atoms with Gasteiger partial charge in [-0.25, -0.2) is 4.68 Å². The third-order valence-electron chi connectivity index (χ3n) is 7.55. The molecule has 11 nitrogen and oxygen atoms in total. The van der Waals surface area contributed by atoms with Gasteiger partial charge in [0.25, 0.3) is 0 Å². The number of rotatable bonds is 5. The number of carbonyl (C=O) groups is 2. The zero-order valence-corrected chi connectivity index (χ0v) is 21.8. The number of para-hydroxylation sites is 2. The highest BCUT2D eigenvalue weighted by Gasteiger charge is 2.42. The van der Waals surface area contributed by atoms with E-state index >= 15 is 0 Å². The molecule has 1 N–H and O–H groups in total. The van der Waals surface area contributed by atoms with Crippen LogP contribution in [0.1, 0.15) is 51.5 Å². The molecule has 11 heteroatoms. The maximum absolute atomic E-state index is 14.1. The Balaban J connectivity index is 1.31. The molecule has 7 rings (SSSR count). The van der Waals surface area contributed by atoms with E-state index in [9.17, 15) is 19.9 Å². The van der Waals surface area contributed by atoms with Crippen molar-refractivity contribution in [3.63, 3.8) is 0 Å². The summed E-state index contributed by atoms with van der Waals surface area (Å²) in [5, 5.41) is 32.0. The van der Waals surface area contributed by atoms with Crippen LogP contribution < -0.4 is 4.73 Å². The summed E-state index contributed by atoms with van der Waals surface area (Å²) in [6.45, 7) is 3.90. The molecule has 0 bridgehead atoms. The molecule has 4 heterocycles. The molecule has 5 aromatic rings. The summed E-state index contributed by atoms with van der Waals surface area (Å²) in [6, 6.07) is 14.1. The van der Waals surface area contributed by atoms with E-state index in [2.05, 4.69) is 10.3 Å². The average molecular weight is 540 g/mol. The van der Waals surface area contributed by atoms with Gasteiger partial charge >= 0.3 is 0 Å². The topological polar surface area (TPSA) is 135 Å². The van der Waals surface area contributed by atoms with E-state index in [4.69, 9.17) is 9.47 Å². The lowest BCUT2D eigenvalue weighted by atomic mass is 9.85. The summed E-state index contributed by atoms with van der Waals surface area (Å²) >= 11 is 0. The number of hydrogen-bond acceptors (Lipinski definition) is 8. The van der Waals surface area contributed by atoms with Crippen molar-refractivity contribution in [1.29, 1.82) is 0 Å². The number of fused-ring (bicyclic) bond motifs is 6. The Bertz CT molecular complexity index is 1850. The average Bonchev–Trinajstić information content (AvgIpc) is 3.61. The number of nitrogens with zero attached hydrogens (tertiary/aromatic N) is 5. The third-order valence-corrected chi connectivity index (χ3v) is 7.55. The van der Waals surface area contributed by atoms with E-state index in [0.29, 0.717) is 38.8 Å². The minimum Gasteiger partial charge on any atom is -0.618 e. The van der Waals surface area contributed by atoms with Crippen LogP contribution in [-0.4, -0.2) is 60.8 Å². The lowest BCUT2D eigenvalue weighted by Gasteiger charge is -2.18. The summed E-state index contributed by atoms with van der Waals surface area (Å²) in [6.07, 6.45) is 2.05. The van der Waals surface area contributed by atoms with Crippen LogP contribution >= 0.6 is 0 Å². The number of aliphatic hydroxyl groups excluding tert-OH is 1. The van der Waals surface area contributed by atoms with Crippen molar-refractivity contribution in [2.75, 3.05) is 6.61 Å². The Hall–Kier alpha value is -4.45. The van der Waals surface area contributed by atoms with Gasteiger partial charge in [0.05, 0.1) is 48.0 Å². The number of benzene rings is 2. The number of aromatic nitrogens is 5. The highest BCUT2D eigenvalue weighted by molar-refractivity contribution is 6.34. The maximum Gasteiger partial charge on any atom is 0.224 e. The lowest BCUT2D eigenvalue weighted by Crippen LogP contribution is -2.33. The van der Waals surface area contributed by atoms with Crippen LogP contribution in [0.25, 0.3) is 21.8 Å². The van der Waals surface area contributed by atoms with Gasteiger partial charge in [-0.15, -0.1) is 5.10 Å². The number of aliphatic hydroxyl groups is 1. The standard InChI is InChI=1S/C29H25N5O6/c1-29(2)39-22(23(15-35)40-29)14-32-11-16(30-31-32)12-33-20-9-5-3-7-17(20)25-26(33)28(37)24-18-8-4-6-10-21(18)34(38)13-19(24)27(25)36/h3-11,13,22-23,35H,12,14-15H2,1-2H3/t22-,23-/m0/s1. The van der Waals surface area contributed by atoms with Crippen molar-refractivity contribution < 1.29 is 28.9 Å². The summed E-state index contributed by atoms with van der Waals surface area (Å²) in [5.41, 5.74) is 2.45. The number of hydrogen-bond donors (Lipinski definition) is 1. The fourth-order valence-corrected chi connectivity index (χ4v) is 5.94. The molecule has 1 fully saturated rings. The van der Waals surface area contributed by atoms with Gasteiger partial charge in [0.2, 0.25) is 17.1 Å². The lowest BCUT2D eigenvalue weighted by molar-refractivity contribution is -0.577. The molecule has 0 radical (unpaired) electrons. The van der Waals surface area contributed by atoms with E-state index < -0.39 is 18.0 Å². The second kappa shape index (κ2) is 8.78. The molecule has 2 aliphatic rings. The van der Waals surface area contributed by atoms with Crippen LogP contribution in [0.3, 0.4) is 0 Å². The fraction of sp³-hybridized carbons (Fsp3) is 0.276. The Morgan fingerprint density at radius 1 is 1.00 bits per heavy atom. The van der Waals surface area contributed by atoms with Gasteiger partial charge in [0.1, 0.15) is 23.6 Å². The first-order valence-corrected chi connectivity index (χ1v) is 13.0. The smallest absolute Gasteiger partial charge is 0.224 e. The van der Waals surface area contributed by atoms with Gasteiger partial charge in [0, 0.05) is 17.0 Å². The van der Waals surface area contributed by atoms with Crippen LogP contribution in [0.5, 0.6) is 0 Å². The SMILES string of the molecule is CC1(C)O[C@@H](CO)[C@H](Cn2cc(Cn3c4c(c5ccccc53)C(=O)c3c[n+]([O-])c5ccccc5c3C4=O)nn2)O1. The number of ketones is 2. The highest BCUT2D eigenvalue weighted by Crippen LogP contribution is 2.37. The molecular weight excluding hydrogens is 514 g/mol. The molecule has 0 saturated carbocycles. The van der Waals surface area contributed by atoms with Crippen LogP contribution in [0.4, 0.5) is 0 Å². The van der Waals surface area contributed by atoms with Gasteiger partial charge in [-0.3, -0.25) is 9.59 Å². The first kappa shape index (κ1) is 24.6. The van der Waals surface area contributed by atoms with Gasteiger partial charge in [0.15, 0.2) is 12.0 Å². The van der Waals surface area contributed by atoms with E-state index in [0.717, 1.165) is 0 Å². The first-order chi connectivity index (χ1) is 19.3. The summed E-state index contributed by atoms with van der Waals surface area (Å²) in [7, 11) is 0. The van der Waals surface area contributed by atoms with Crippen molar-refractivity contribution >= 4 is 33.4 Å². The predicted octanol–water partition coefficient (Wildman–Crippen LogP) is 2.36. The Morgan fingerprint density at radius 2 is 1.73 bits per heavy atom. The molecule has 3 aromatic heterocycles. The van der Waals surface area contributed by atoms with E-state index in [1.165, 1.54) is 6.20 Å². The second-order valence-corrected chi connectivity index (χ2v) is 10.6. The number of carbonyl (C=O) groups excluding carboxylic acids is 2. The first-order valence-electron chi connectivity index (χ1n) is 13.0. The Labute approximate surface area is 227 Å². The van der Waals surface area contributed by atoms with Crippen LogP contribution in [0.15, 0.2) is 60.9 Å². The molecule has 0 spiro atoms. The van der Waals surface area contributed by atoms with E-state index in [-0.39, 0.29) is 47.1 Å². The predicted molar refractivity (Wildman–Crippen MR) is 142 cm³/mol. The molecule has 0 unspecified atom stereocenters. The quantitative estimate of drug-likeness (QED) is 0.261. The highest BCUT2D eigenvalue weighted by atomic mass is 16.8. The largest absolute Gasteiger partial charge is 0.618 e. The van der Waals surface area contributed by atoms with Crippen molar-refractivity contribution in [2.24, 2.45) is 0 Å². The molecule has 40 heavy (non-hydrogen) atoms. The minimum absolute atomic E-state index is 0.0974. The summed E-state index contributed by atoms with van der Waals surface area (Å²) in [5.74, 6) is -1.51. The zero-order valence-electron chi connectivity index (χ0n) is 21.8. The molecule has 1 aliphatic carbocycles. The normalized spacial score (nSPS) is 19.9. The molecule has 2 aromatic carbocycles. The van der Waals surface area contributed by atoms with Gasteiger partial charge in [-0.1, -0.05) is 35.5 Å². The van der Waals surface area contributed by atoms with Crippen molar-refractivity contribution in [3.8, 4) is 0 Å². The van der Waals surface area contributed by atoms with Gasteiger partial charge < -0.3 is 24.4 Å². The van der Waals surface area contributed by atoms with Crippen LogP contribution in [-0.2, 0) is 22.6 Å². The van der Waals surface area contributed by atoms with Crippen molar-refractivity contribution in [3.05, 3.63) is 94.2 Å². The molecule has 1 aliphatic heterocycles. The minimum atomic E-state index is -0.816. The Kier molecular flexibility index (Phi) is 5.40. The molecule has 2 atom stereocenters. The van der Waals surface area contributed by atoms with Crippen LogP contribution in [0, 0.1) is 5.21 Å². The zero-order chi connectivity index (χ0) is 27.8. The van der Waals surface area contributed by atoms with E-state index in [1.54, 1.807) is 59.6 Å². The van der Waals surface area contributed by atoms with E-state index in [1.807, 2.05) is 18.2 Å². The van der Waals surface area contributed by atoms with Crippen molar-refractivity contribution in [1.82, 2.24) is 19.6 Å². The van der Waals surface area contributed by atoms with Gasteiger partial charge in [-0.05, 0) is 26.0 Å². The molecular formula is C29H25N5O6. The maximum atomic E-state index is 14.1. The monoisotopic (exact) mass is 539 g/mol. The Morgan fingerprint density at radius 3 is 2.52 bits per heavy atom. The van der Waals surface area contributed by atoms with Gasteiger partial charge in [-0.2, -0.15) is 4.73 Å². The van der Waals surface area contributed by atoms with Crippen molar-refractivity contribution in [2.45, 2.75) is 44.9 Å². The number of ether oxygens (including phenoxy) is 2. The second-order valence-electron chi connectivity index (χ2n) is 10.6. The van der Waals surface area contributed by atoms with Crippen LogP contribution in [0.2, 0.25) is 0 Å². The number of pyridine rings is 1. The molecule has 1 saturated heterocycles. The summed E-state index contributed by atoms with van der Waals surface area (Å²) < 4.78 is 15.7. The molecule has 0 amide bonds. The molecule has 202 valence electrons. The fourth-order valence-electron chi connectivity index (χ4n) is 5.94. The summed E-state index contributed by atoms with van der Waals surface area (Å²) in [4.78, 5) is 28.0.